The van der Waals surface area contributed by atoms with Crippen LogP contribution in [0, 0.1) is 0 Å². The molecule has 12 heteroatoms. The van der Waals surface area contributed by atoms with Gasteiger partial charge in [0, 0.05) is 24.5 Å². The number of benzene rings is 1. The van der Waals surface area contributed by atoms with Gasteiger partial charge in [-0.15, -0.1) is 0 Å². The number of aromatic nitrogens is 6. The molecule has 0 atom stereocenters. The minimum atomic E-state index is 0.215. The Labute approximate surface area is 223 Å². The quantitative estimate of drug-likeness (QED) is 0.131. The summed E-state index contributed by atoms with van der Waals surface area (Å²) >= 11 is 0. The van der Waals surface area contributed by atoms with Crippen LogP contribution in [0.3, 0.4) is 0 Å². The number of unbranched alkanes of at least 4 members (excludes halogenated alkanes) is 2. The van der Waals surface area contributed by atoms with E-state index in [9.17, 15) is 0 Å². The smallest absolute Gasteiger partial charge is 0.323 e. The van der Waals surface area contributed by atoms with E-state index in [1.165, 1.54) is 0 Å². The number of nitrogens with one attached hydrogen (secondary N) is 4. The number of anilines is 6. The molecule has 38 heavy (non-hydrogen) atoms. The summed E-state index contributed by atoms with van der Waals surface area (Å²) in [6.07, 6.45) is 7.41. The molecule has 0 radical (unpaired) electrons. The van der Waals surface area contributed by atoms with Crippen molar-refractivity contribution >= 4 is 35.2 Å². The average Bonchev–Trinajstić information content (AvgIpc) is 2.92. The van der Waals surface area contributed by atoms with Crippen LogP contribution < -0.4 is 30.7 Å². The van der Waals surface area contributed by atoms with E-state index in [1.54, 1.807) is 12.2 Å². The van der Waals surface area contributed by atoms with Crippen LogP contribution in [0.4, 0.5) is 35.2 Å². The first kappa shape index (κ1) is 28.1. The van der Waals surface area contributed by atoms with Crippen LogP contribution in [-0.4, -0.2) is 56.2 Å². The summed E-state index contributed by atoms with van der Waals surface area (Å²) < 4.78 is 11.1. The fourth-order valence-corrected chi connectivity index (χ4v) is 3.03. The van der Waals surface area contributed by atoms with Crippen LogP contribution in [0.25, 0.3) is 0 Å². The van der Waals surface area contributed by atoms with Crippen molar-refractivity contribution in [2.24, 2.45) is 0 Å². The second-order valence-corrected chi connectivity index (χ2v) is 8.12. The molecule has 4 N–H and O–H groups in total. The van der Waals surface area contributed by atoms with Gasteiger partial charge in [0.05, 0.1) is 0 Å². The van der Waals surface area contributed by atoms with Crippen molar-refractivity contribution in [1.82, 2.24) is 29.9 Å². The Morgan fingerprint density at radius 3 is 1.39 bits per heavy atom. The first-order chi connectivity index (χ1) is 18.6. The van der Waals surface area contributed by atoms with E-state index in [-0.39, 0.29) is 12.0 Å². The summed E-state index contributed by atoms with van der Waals surface area (Å²) in [6, 6.07) is 7.98. The highest BCUT2D eigenvalue weighted by Crippen LogP contribution is 2.22. The third kappa shape index (κ3) is 9.52. The van der Waals surface area contributed by atoms with E-state index in [0.29, 0.717) is 37.0 Å². The van der Waals surface area contributed by atoms with Crippen molar-refractivity contribution in [3.8, 4) is 12.0 Å². The summed E-state index contributed by atoms with van der Waals surface area (Å²) in [7, 11) is 0. The topological polar surface area (TPSA) is 144 Å². The Bertz CT molecular complexity index is 1070. The van der Waals surface area contributed by atoms with Gasteiger partial charge in [0.2, 0.25) is 23.8 Å². The van der Waals surface area contributed by atoms with Crippen LogP contribution in [0.5, 0.6) is 12.0 Å². The zero-order valence-electron chi connectivity index (χ0n) is 22.0. The van der Waals surface area contributed by atoms with Crippen LogP contribution >= 0.6 is 0 Å². The fourth-order valence-electron chi connectivity index (χ4n) is 3.03. The molecule has 202 valence electrons. The SMILES string of the molecule is C=CCOc1nc(NCCCC)nc(Nc2ccc(Nc3nc(NCCCC)nc(OCC=C)n3)cc2)n1. The molecule has 0 spiro atoms. The van der Waals surface area contributed by atoms with Gasteiger partial charge < -0.3 is 30.7 Å². The monoisotopic (exact) mass is 520 g/mol. The predicted molar refractivity (Wildman–Crippen MR) is 151 cm³/mol. The minimum Gasteiger partial charge on any atom is -0.459 e. The molecule has 0 saturated heterocycles. The van der Waals surface area contributed by atoms with Crippen molar-refractivity contribution < 1.29 is 9.47 Å². The molecule has 0 aliphatic carbocycles. The molecule has 2 aromatic heterocycles. The van der Waals surface area contributed by atoms with Gasteiger partial charge in [0.25, 0.3) is 0 Å². The third-order valence-corrected chi connectivity index (χ3v) is 4.91. The fraction of sp³-hybridized carbons (Fsp3) is 0.385. The number of rotatable bonds is 18. The number of ether oxygens (including phenoxy) is 2. The van der Waals surface area contributed by atoms with Gasteiger partial charge in [-0.25, -0.2) is 0 Å². The Morgan fingerprint density at radius 2 is 1.03 bits per heavy atom. The van der Waals surface area contributed by atoms with Gasteiger partial charge in [-0.1, -0.05) is 52.0 Å². The van der Waals surface area contributed by atoms with Crippen molar-refractivity contribution in [1.29, 1.82) is 0 Å². The lowest BCUT2D eigenvalue weighted by molar-refractivity contribution is 0.333. The van der Waals surface area contributed by atoms with Gasteiger partial charge in [-0.2, -0.15) is 29.9 Å². The zero-order valence-corrected chi connectivity index (χ0v) is 22.0. The summed E-state index contributed by atoms with van der Waals surface area (Å²) in [5, 5.41) is 12.8. The van der Waals surface area contributed by atoms with Gasteiger partial charge in [-0.05, 0) is 37.1 Å². The lowest BCUT2D eigenvalue weighted by atomic mass is 10.3. The molecule has 0 aliphatic rings. The summed E-state index contributed by atoms with van der Waals surface area (Å²) in [6.45, 7) is 13.7. The summed E-state index contributed by atoms with van der Waals surface area (Å²) in [5.74, 6) is 1.62. The first-order valence-corrected chi connectivity index (χ1v) is 12.7. The minimum absolute atomic E-state index is 0.215. The molecule has 0 saturated carbocycles. The van der Waals surface area contributed by atoms with E-state index in [0.717, 1.165) is 50.1 Å². The van der Waals surface area contributed by atoms with E-state index in [1.807, 2.05) is 24.3 Å². The number of hydrogen-bond donors (Lipinski definition) is 4. The summed E-state index contributed by atoms with van der Waals surface area (Å²) in [4.78, 5) is 26.2. The normalized spacial score (nSPS) is 10.4. The highest BCUT2D eigenvalue weighted by Gasteiger charge is 2.10. The highest BCUT2D eigenvalue weighted by atomic mass is 16.5. The van der Waals surface area contributed by atoms with Crippen molar-refractivity contribution in [2.45, 2.75) is 39.5 Å². The number of hydrogen-bond acceptors (Lipinski definition) is 12. The third-order valence-electron chi connectivity index (χ3n) is 4.91. The summed E-state index contributed by atoms with van der Waals surface area (Å²) in [5.41, 5.74) is 1.56. The molecule has 1 aromatic carbocycles. The molecule has 0 amide bonds. The second kappa shape index (κ2) is 15.6. The maximum absolute atomic E-state index is 5.53. The molecule has 0 bridgehead atoms. The van der Waals surface area contributed by atoms with E-state index >= 15 is 0 Å². The molecule has 0 fully saturated rings. The Morgan fingerprint density at radius 1 is 0.632 bits per heavy atom. The lowest BCUT2D eigenvalue weighted by Crippen LogP contribution is -2.10. The van der Waals surface area contributed by atoms with Gasteiger partial charge in [-0.3, -0.25) is 0 Å². The second-order valence-electron chi connectivity index (χ2n) is 8.12. The van der Waals surface area contributed by atoms with Crippen LogP contribution in [0.1, 0.15) is 39.5 Å². The molecule has 0 aliphatic heterocycles. The Kier molecular flexibility index (Phi) is 11.5. The molecular weight excluding hydrogens is 484 g/mol. The standard InChI is InChI=1S/C26H36N10O2/c1-5-9-15-27-21-31-23(35-25(33-21)37-17-7-3)29-19-11-13-20(14-12-19)30-24-32-22(28-16-10-6-2)34-26(36-24)38-18-8-4/h7-8,11-14H,3-6,9-10,15-18H2,1-2H3,(H2,27,29,31,33,35)(H2,28,30,32,34,36). The van der Waals surface area contributed by atoms with E-state index < -0.39 is 0 Å². The molecule has 0 unspecified atom stereocenters. The van der Waals surface area contributed by atoms with Crippen LogP contribution in [0.15, 0.2) is 49.6 Å². The van der Waals surface area contributed by atoms with Gasteiger partial charge >= 0.3 is 12.0 Å². The molecule has 3 aromatic rings. The van der Waals surface area contributed by atoms with E-state index in [2.05, 4.69) is 78.2 Å². The van der Waals surface area contributed by atoms with Gasteiger partial charge in [0.15, 0.2) is 0 Å². The maximum atomic E-state index is 5.53. The van der Waals surface area contributed by atoms with Crippen molar-refractivity contribution in [3.63, 3.8) is 0 Å². The number of nitrogens with zero attached hydrogens (tertiary/aromatic N) is 6. The van der Waals surface area contributed by atoms with Crippen LogP contribution in [0.2, 0.25) is 0 Å². The molecule has 2 heterocycles. The van der Waals surface area contributed by atoms with Crippen molar-refractivity contribution in [3.05, 3.63) is 49.6 Å². The van der Waals surface area contributed by atoms with Crippen molar-refractivity contribution in [2.75, 3.05) is 47.6 Å². The maximum Gasteiger partial charge on any atom is 0.323 e. The Balaban J connectivity index is 1.71. The lowest BCUT2D eigenvalue weighted by Gasteiger charge is -2.12. The predicted octanol–water partition coefficient (Wildman–Crippen LogP) is 5.10. The van der Waals surface area contributed by atoms with Crippen LogP contribution in [-0.2, 0) is 0 Å². The average molecular weight is 521 g/mol. The molecule has 3 rings (SSSR count). The Hall–Kier alpha value is -4.48. The molecular formula is C26H36N10O2. The molecule has 12 nitrogen and oxygen atoms in total. The zero-order chi connectivity index (χ0) is 27.0. The highest BCUT2D eigenvalue weighted by molar-refractivity contribution is 5.62. The van der Waals surface area contributed by atoms with E-state index in [4.69, 9.17) is 9.47 Å². The van der Waals surface area contributed by atoms with Gasteiger partial charge in [0.1, 0.15) is 13.2 Å². The largest absolute Gasteiger partial charge is 0.459 e. The first-order valence-electron chi connectivity index (χ1n) is 12.7.